The van der Waals surface area contributed by atoms with Gasteiger partial charge in [0.15, 0.2) is 0 Å². The van der Waals surface area contributed by atoms with Crippen LogP contribution in [0.3, 0.4) is 0 Å². The highest BCUT2D eigenvalue weighted by Crippen LogP contribution is 2.48. The SMILES string of the molecule is C#Cc1ccc(COCc2cc3ccccc3c(-c3c(OC)c(COCc4ccc(C#C)cc4)cc4ccccc34)c2OC)cc1. The van der Waals surface area contributed by atoms with Crippen molar-refractivity contribution in [3.63, 3.8) is 0 Å². The molecule has 0 bridgehead atoms. The van der Waals surface area contributed by atoms with Crippen LogP contribution < -0.4 is 9.47 Å². The summed E-state index contributed by atoms with van der Waals surface area (Å²) in [6.07, 6.45) is 11.0. The van der Waals surface area contributed by atoms with Gasteiger partial charge in [-0.15, -0.1) is 12.8 Å². The Morgan fingerprint density at radius 2 is 0.891 bits per heavy atom. The second-order valence-electron chi connectivity index (χ2n) is 11.0. The fraction of sp³-hybridized carbons (Fsp3) is 0.143. The minimum Gasteiger partial charge on any atom is -0.496 e. The summed E-state index contributed by atoms with van der Waals surface area (Å²) in [6, 6.07) is 36.7. The Balaban J connectivity index is 1.42. The molecule has 0 atom stereocenters. The van der Waals surface area contributed by atoms with Crippen LogP contribution in [0.4, 0.5) is 0 Å². The monoisotopic (exact) mass is 602 g/mol. The molecule has 4 heteroatoms. The van der Waals surface area contributed by atoms with Gasteiger partial charge in [0.25, 0.3) is 0 Å². The molecule has 0 amide bonds. The van der Waals surface area contributed by atoms with Gasteiger partial charge in [-0.05, 0) is 69.1 Å². The largest absolute Gasteiger partial charge is 0.496 e. The molecule has 0 radical (unpaired) electrons. The number of fused-ring (bicyclic) bond motifs is 2. The van der Waals surface area contributed by atoms with Crippen LogP contribution in [0.2, 0.25) is 0 Å². The Morgan fingerprint density at radius 1 is 0.500 bits per heavy atom. The maximum absolute atomic E-state index is 6.25. The third-order valence-corrected chi connectivity index (χ3v) is 8.11. The smallest absolute Gasteiger partial charge is 0.133 e. The van der Waals surface area contributed by atoms with Crippen LogP contribution in [0.5, 0.6) is 11.5 Å². The lowest BCUT2D eigenvalue weighted by Gasteiger charge is -2.22. The highest BCUT2D eigenvalue weighted by molar-refractivity contribution is 6.10. The molecule has 0 heterocycles. The quantitative estimate of drug-likeness (QED) is 0.139. The number of hydrogen-bond donors (Lipinski definition) is 0. The summed E-state index contributed by atoms with van der Waals surface area (Å²) in [4.78, 5) is 0. The Morgan fingerprint density at radius 3 is 1.26 bits per heavy atom. The molecule has 0 aliphatic heterocycles. The van der Waals surface area contributed by atoms with Crippen molar-refractivity contribution in [1.82, 2.24) is 0 Å². The molecule has 46 heavy (non-hydrogen) atoms. The summed E-state index contributed by atoms with van der Waals surface area (Å²) >= 11 is 0. The first-order valence-electron chi connectivity index (χ1n) is 15.1. The maximum atomic E-state index is 6.25. The third-order valence-electron chi connectivity index (χ3n) is 8.11. The van der Waals surface area contributed by atoms with E-state index in [0.29, 0.717) is 26.4 Å². The van der Waals surface area contributed by atoms with Crippen LogP contribution in [0, 0.1) is 24.7 Å². The molecule has 0 aliphatic carbocycles. The minimum absolute atomic E-state index is 0.361. The fourth-order valence-corrected chi connectivity index (χ4v) is 5.90. The van der Waals surface area contributed by atoms with Gasteiger partial charge in [-0.3, -0.25) is 0 Å². The van der Waals surface area contributed by atoms with Crippen molar-refractivity contribution in [2.45, 2.75) is 26.4 Å². The van der Waals surface area contributed by atoms with Gasteiger partial charge < -0.3 is 18.9 Å². The number of benzene rings is 6. The Labute approximate surface area is 270 Å². The van der Waals surface area contributed by atoms with Gasteiger partial charge in [0.1, 0.15) is 11.5 Å². The molecular formula is C42H34O4. The summed E-state index contributed by atoms with van der Waals surface area (Å²) in [7, 11) is 3.42. The first-order chi connectivity index (χ1) is 22.6. The van der Waals surface area contributed by atoms with Gasteiger partial charge in [0, 0.05) is 33.4 Å². The van der Waals surface area contributed by atoms with E-state index in [1.807, 2.05) is 72.8 Å². The molecular weight excluding hydrogens is 568 g/mol. The van der Waals surface area contributed by atoms with Gasteiger partial charge in [0.2, 0.25) is 0 Å². The van der Waals surface area contributed by atoms with Crippen LogP contribution in [-0.2, 0) is 35.9 Å². The molecule has 0 fully saturated rings. The van der Waals surface area contributed by atoms with Gasteiger partial charge in [-0.2, -0.15) is 0 Å². The van der Waals surface area contributed by atoms with Crippen LogP contribution >= 0.6 is 0 Å². The number of terminal acetylenes is 2. The summed E-state index contributed by atoms with van der Waals surface area (Å²) in [5, 5.41) is 4.28. The predicted octanol–water partition coefficient (Wildman–Crippen LogP) is 9.07. The lowest BCUT2D eigenvalue weighted by Crippen LogP contribution is -2.03. The third kappa shape index (κ3) is 6.32. The highest BCUT2D eigenvalue weighted by atomic mass is 16.5. The number of rotatable bonds is 11. The van der Waals surface area contributed by atoms with Gasteiger partial charge in [-0.1, -0.05) is 84.6 Å². The minimum atomic E-state index is 0.361. The second kappa shape index (κ2) is 14.1. The lowest BCUT2D eigenvalue weighted by molar-refractivity contribution is 0.105. The van der Waals surface area contributed by atoms with Gasteiger partial charge >= 0.3 is 0 Å². The Hall–Kier alpha value is -5.52. The van der Waals surface area contributed by atoms with E-state index in [0.717, 1.165) is 77.6 Å². The maximum Gasteiger partial charge on any atom is 0.133 e. The summed E-state index contributed by atoms with van der Waals surface area (Å²) in [5.41, 5.74) is 7.58. The molecule has 226 valence electrons. The van der Waals surface area contributed by atoms with E-state index in [1.165, 1.54) is 0 Å². The van der Waals surface area contributed by atoms with Crippen LogP contribution in [0.25, 0.3) is 32.7 Å². The fourth-order valence-electron chi connectivity index (χ4n) is 5.90. The van der Waals surface area contributed by atoms with Crippen molar-refractivity contribution >= 4 is 21.5 Å². The number of hydrogen-bond acceptors (Lipinski definition) is 4. The molecule has 0 N–H and O–H groups in total. The molecule has 0 aliphatic rings. The van der Waals surface area contributed by atoms with E-state index in [-0.39, 0.29) is 0 Å². The van der Waals surface area contributed by atoms with E-state index in [2.05, 4.69) is 48.2 Å². The molecule has 6 aromatic carbocycles. The van der Waals surface area contributed by atoms with Crippen molar-refractivity contribution < 1.29 is 18.9 Å². The molecule has 0 saturated heterocycles. The number of ether oxygens (including phenoxy) is 4. The molecule has 6 rings (SSSR count). The summed E-state index contributed by atoms with van der Waals surface area (Å²) in [5.74, 6) is 6.81. The van der Waals surface area contributed by atoms with E-state index in [4.69, 9.17) is 31.8 Å². The Kier molecular flexibility index (Phi) is 9.32. The van der Waals surface area contributed by atoms with Crippen molar-refractivity contribution in [2.75, 3.05) is 14.2 Å². The van der Waals surface area contributed by atoms with E-state index >= 15 is 0 Å². The second-order valence-corrected chi connectivity index (χ2v) is 11.0. The molecule has 6 aromatic rings. The summed E-state index contributed by atoms with van der Waals surface area (Å²) < 4.78 is 24.9. The first kappa shape index (κ1) is 30.5. The molecule has 0 unspecified atom stereocenters. The zero-order chi connectivity index (χ0) is 31.9. The highest BCUT2D eigenvalue weighted by Gasteiger charge is 2.24. The Bertz CT molecular complexity index is 1920. The molecule has 4 nitrogen and oxygen atoms in total. The molecule has 0 saturated carbocycles. The van der Waals surface area contributed by atoms with E-state index in [1.54, 1.807) is 14.2 Å². The zero-order valence-electron chi connectivity index (χ0n) is 26.0. The van der Waals surface area contributed by atoms with E-state index < -0.39 is 0 Å². The standard InChI is InChI=1S/C42H34O4/c1-5-29-15-19-31(20-16-29)25-45-27-35-23-33-11-7-9-13-37(33)39(41(35)43-3)40-38-14-10-8-12-34(38)24-36(42(40)44-4)28-46-26-32-21-17-30(6-2)18-22-32/h1-2,7-24H,25-28H2,3-4H3. The van der Waals surface area contributed by atoms with E-state index in [9.17, 15) is 0 Å². The van der Waals surface area contributed by atoms with Crippen LogP contribution in [0.1, 0.15) is 33.4 Å². The molecule has 0 aromatic heterocycles. The zero-order valence-corrected chi connectivity index (χ0v) is 26.0. The van der Waals surface area contributed by atoms with Gasteiger partial charge in [-0.25, -0.2) is 0 Å². The van der Waals surface area contributed by atoms with Crippen molar-refractivity contribution in [3.8, 4) is 47.3 Å². The first-order valence-corrected chi connectivity index (χ1v) is 15.1. The summed E-state index contributed by atoms with van der Waals surface area (Å²) in [6.45, 7) is 1.61. The average Bonchev–Trinajstić information content (AvgIpc) is 3.11. The van der Waals surface area contributed by atoms with Crippen LogP contribution in [-0.4, -0.2) is 14.2 Å². The van der Waals surface area contributed by atoms with Crippen LogP contribution in [0.15, 0.2) is 109 Å². The normalized spacial score (nSPS) is 10.9. The predicted molar refractivity (Wildman–Crippen MR) is 186 cm³/mol. The average molecular weight is 603 g/mol. The van der Waals surface area contributed by atoms with Crippen molar-refractivity contribution in [3.05, 3.63) is 143 Å². The topological polar surface area (TPSA) is 36.9 Å². The van der Waals surface area contributed by atoms with Crippen molar-refractivity contribution in [2.24, 2.45) is 0 Å². The van der Waals surface area contributed by atoms with Crippen molar-refractivity contribution in [1.29, 1.82) is 0 Å². The lowest BCUT2D eigenvalue weighted by atomic mass is 9.89. The number of methoxy groups -OCH3 is 2. The molecule has 0 spiro atoms. The van der Waals surface area contributed by atoms with Gasteiger partial charge in [0.05, 0.1) is 40.6 Å².